The molecule has 142 valence electrons. The molecular weight excluding hydrogens is 388 g/mol. The summed E-state index contributed by atoms with van der Waals surface area (Å²) >= 11 is 1.16. The molecule has 0 aliphatic heterocycles. The van der Waals surface area contributed by atoms with Crippen LogP contribution in [0.5, 0.6) is 0 Å². The monoisotopic (exact) mass is 406 g/mol. The number of rotatable bonds is 7. The average molecular weight is 406 g/mol. The van der Waals surface area contributed by atoms with Crippen LogP contribution in [-0.2, 0) is 14.8 Å². The highest BCUT2D eigenvalue weighted by molar-refractivity contribution is 7.99. The normalized spacial score (nSPS) is 11.6. The van der Waals surface area contributed by atoms with Crippen LogP contribution < -0.4 is 10.0 Å². The minimum atomic E-state index is -3.51. The molecule has 2 heterocycles. The van der Waals surface area contributed by atoms with E-state index in [1.807, 2.05) is 13.0 Å². The van der Waals surface area contributed by atoms with Crippen molar-refractivity contribution in [3.63, 3.8) is 0 Å². The van der Waals surface area contributed by atoms with Gasteiger partial charge in [-0.1, -0.05) is 18.7 Å². The Morgan fingerprint density at radius 3 is 2.59 bits per heavy atom. The molecule has 2 N–H and O–H groups in total. The van der Waals surface area contributed by atoms with E-state index in [1.54, 1.807) is 25.1 Å². The predicted molar refractivity (Wildman–Crippen MR) is 103 cm³/mol. The molecule has 8 nitrogen and oxygen atoms in total. The highest BCUT2D eigenvalue weighted by Crippen LogP contribution is 2.23. The predicted octanol–water partition coefficient (Wildman–Crippen LogP) is 2.56. The first-order chi connectivity index (χ1) is 12.9. The van der Waals surface area contributed by atoms with Crippen molar-refractivity contribution in [2.24, 2.45) is 0 Å². The number of sulfonamides is 1. The Morgan fingerprint density at radius 1 is 1.15 bits per heavy atom. The van der Waals surface area contributed by atoms with E-state index in [4.69, 9.17) is 4.42 Å². The molecule has 10 heteroatoms. The first-order valence-corrected chi connectivity index (χ1v) is 10.6. The zero-order valence-electron chi connectivity index (χ0n) is 14.7. The van der Waals surface area contributed by atoms with Crippen molar-refractivity contribution in [2.45, 2.75) is 24.0 Å². The highest BCUT2D eigenvalue weighted by atomic mass is 32.2. The number of aromatic nitrogens is 2. The Balaban J connectivity index is 1.58. The van der Waals surface area contributed by atoms with Gasteiger partial charge in [-0.15, -0.1) is 0 Å². The third-order valence-electron chi connectivity index (χ3n) is 3.48. The molecule has 3 rings (SSSR count). The van der Waals surface area contributed by atoms with Crippen LogP contribution in [0.1, 0.15) is 12.6 Å². The molecule has 0 spiro atoms. The summed E-state index contributed by atoms with van der Waals surface area (Å²) in [7, 11) is -3.51. The first kappa shape index (κ1) is 19.3. The molecule has 1 aromatic carbocycles. The fourth-order valence-electron chi connectivity index (χ4n) is 2.27. The molecule has 0 radical (unpaired) electrons. The number of oxazole rings is 1. The van der Waals surface area contributed by atoms with Gasteiger partial charge >= 0.3 is 0 Å². The van der Waals surface area contributed by atoms with Crippen molar-refractivity contribution in [1.82, 2.24) is 14.7 Å². The lowest BCUT2D eigenvalue weighted by atomic mass is 10.3. The summed E-state index contributed by atoms with van der Waals surface area (Å²) in [4.78, 5) is 20.7. The van der Waals surface area contributed by atoms with Gasteiger partial charge in [0.15, 0.2) is 11.2 Å². The van der Waals surface area contributed by atoms with E-state index in [-0.39, 0.29) is 16.6 Å². The van der Waals surface area contributed by atoms with E-state index < -0.39 is 10.0 Å². The number of hydrogen-bond donors (Lipinski definition) is 2. The number of nitrogens with zero attached hydrogens (tertiary/aromatic N) is 2. The number of carbonyl (C=O) groups excluding carboxylic acids is 1. The minimum Gasteiger partial charge on any atom is -0.430 e. The first-order valence-electron chi connectivity index (χ1n) is 8.14. The summed E-state index contributed by atoms with van der Waals surface area (Å²) in [6, 6.07) is 9.58. The second-order valence-electron chi connectivity index (χ2n) is 5.62. The molecule has 0 bridgehead atoms. The number of thioether (sulfide) groups is 1. The van der Waals surface area contributed by atoms with Crippen molar-refractivity contribution in [3.05, 3.63) is 42.1 Å². The Kier molecular flexibility index (Phi) is 5.78. The molecular formula is C17H18N4O4S2. The molecule has 0 fully saturated rings. The number of pyridine rings is 1. The van der Waals surface area contributed by atoms with Crippen molar-refractivity contribution in [2.75, 3.05) is 17.6 Å². The van der Waals surface area contributed by atoms with Gasteiger partial charge in [0.1, 0.15) is 0 Å². The molecule has 27 heavy (non-hydrogen) atoms. The minimum absolute atomic E-state index is 0.100. The summed E-state index contributed by atoms with van der Waals surface area (Å²) in [5, 5.41) is 3.07. The molecule has 0 atom stereocenters. The number of benzene rings is 1. The SMILES string of the molecule is CCNS(=O)(=O)c1ccc(NC(=O)CSc2nc3nc(C)ccc3o2)cc1. The van der Waals surface area contributed by atoms with Crippen LogP contribution in [0, 0.1) is 6.92 Å². The molecule has 1 amide bonds. The van der Waals surface area contributed by atoms with Gasteiger partial charge in [-0.2, -0.15) is 4.98 Å². The van der Waals surface area contributed by atoms with E-state index >= 15 is 0 Å². The van der Waals surface area contributed by atoms with Crippen LogP contribution in [-0.4, -0.2) is 36.6 Å². The standard InChI is InChI=1S/C17H18N4O4S2/c1-3-18-27(23,24)13-7-5-12(6-8-13)20-15(22)10-26-17-21-16-14(25-17)9-4-11(2)19-16/h4-9,18H,3,10H2,1-2H3,(H,20,22). The van der Waals surface area contributed by atoms with Crippen molar-refractivity contribution >= 4 is 44.6 Å². The molecule has 2 aromatic heterocycles. The number of anilines is 1. The quantitative estimate of drug-likeness (QED) is 0.580. The lowest BCUT2D eigenvalue weighted by Crippen LogP contribution is -2.23. The smallest absolute Gasteiger partial charge is 0.258 e. The highest BCUT2D eigenvalue weighted by Gasteiger charge is 2.13. The second kappa shape index (κ2) is 8.07. The Hall–Kier alpha value is -2.43. The average Bonchev–Trinajstić information content (AvgIpc) is 3.02. The summed E-state index contributed by atoms with van der Waals surface area (Å²) < 4.78 is 31.7. The van der Waals surface area contributed by atoms with Crippen LogP contribution in [0.25, 0.3) is 11.2 Å². The number of aryl methyl sites for hydroxylation is 1. The number of amides is 1. The molecule has 0 unspecified atom stereocenters. The molecule has 0 aliphatic carbocycles. The lowest BCUT2D eigenvalue weighted by Gasteiger charge is -2.07. The van der Waals surface area contributed by atoms with Crippen molar-refractivity contribution < 1.29 is 17.6 Å². The van der Waals surface area contributed by atoms with Crippen LogP contribution in [0.4, 0.5) is 5.69 Å². The molecule has 0 saturated carbocycles. The topological polar surface area (TPSA) is 114 Å². The Bertz CT molecular complexity index is 1060. The lowest BCUT2D eigenvalue weighted by molar-refractivity contribution is -0.113. The number of fused-ring (bicyclic) bond motifs is 1. The van der Waals surface area contributed by atoms with Gasteiger partial charge in [0.05, 0.1) is 10.6 Å². The van der Waals surface area contributed by atoms with E-state index in [1.165, 1.54) is 12.1 Å². The summed E-state index contributed by atoms with van der Waals surface area (Å²) in [6.45, 7) is 3.88. The fraction of sp³-hybridized carbons (Fsp3) is 0.235. The molecule has 0 aliphatic rings. The van der Waals surface area contributed by atoms with E-state index in [0.717, 1.165) is 17.5 Å². The molecule has 3 aromatic rings. The maximum atomic E-state index is 12.1. The van der Waals surface area contributed by atoms with Gasteiger partial charge in [-0.05, 0) is 43.3 Å². The van der Waals surface area contributed by atoms with Crippen LogP contribution in [0.2, 0.25) is 0 Å². The Labute approximate surface area is 160 Å². The number of hydrogen-bond acceptors (Lipinski definition) is 7. The van der Waals surface area contributed by atoms with Gasteiger partial charge in [0.25, 0.3) is 5.22 Å². The third-order valence-corrected chi connectivity index (χ3v) is 5.87. The third kappa shape index (κ3) is 4.85. The van der Waals surface area contributed by atoms with Crippen molar-refractivity contribution in [3.8, 4) is 0 Å². The van der Waals surface area contributed by atoms with Gasteiger partial charge in [-0.25, -0.2) is 18.1 Å². The van der Waals surface area contributed by atoms with Crippen LogP contribution >= 0.6 is 11.8 Å². The molecule has 0 saturated heterocycles. The second-order valence-corrected chi connectivity index (χ2v) is 8.31. The maximum Gasteiger partial charge on any atom is 0.258 e. The number of nitrogens with one attached hydrogen (secondary N) is 2. The zero-order valence-corrected chi connectivity index (χ0v) is 16.4. The van der Waals surface area contributed by atoms with Gasteiger partial charge < -0.3 is 9.73 Å². The zero-order chi connectivity index (χ0) is 19.4. The summed E-state index contributed by atoms with van der Waals surface area (Å²) in [6.07, 6.45) is 0. The van der Waals surface area contributed by atoms with Crippen molar-refractivity contribution in [1.29, 1.82) is 0 Å². The van der Waals surface area contributed by atoms with Gasteiger partial charge in [-0.3, -0.25) is 4.79 Å². The number of carbonyl (C=O) groups is 1. The van der Waals surface area contributed by atoms with E-state index in [0.29, 0.717) is 28.7 Å². The van der Waals surface area contributed by atoms with Gasteiger partial charge in [0.2, 0.25) is 15.9 Å². The summed E-state index contributed by atoms with van der Waals surface area (Å²) in [5.74, 6) is -0.155. The van der Waals surface area contributed by atoms with Crippen LogP contribution in [0.3, 0.4) is 0 Å². The van der Waals surface area contributed by atoms with E-state index in [2.05, 4.69) is 20.0 Å². The maximum absolute atomic E-state index is 12.1. The van der Waals surface area contributed by atoms with Crippen LogP contribution in [0.15, 0.2) is 50.9 Å². The fourth-order valence-corrected chi connectivity index (χ4v) is 3.94. The summed E-state index contributed by atoms with van der Waals surface area (Å²) in [5.41, 5.74) is 2.42. The Morgan fingerprint density at radius 2 is 1.89 bits per heavy atom. The van der Waals surface area contributed by atoms with E-state index in [9.17, 15) is 13.2 Å². The van der Waals surface area contributed by atoms with Gasteiger partial charge in [0, 0.05) is 17.9 Å². The largest absolute Gasteiger partial charge is 0.430 e.